The van der Waals surface area contributed by atoms with Gasteiger partial charge < -0.3 is 9.64 Å². The van der Waals surface area contributed by atoms with E-state index >= 15 is 0 Å². The van der Waals surface area contributed by atoms with Crippen molar-refractivity contribution >= 4 is 12.9 Å². The van der Waals surface area contributed by atoms with Crippen molar-refractivity contribution in [2.24, 2.45) is 0 Å². The predicted octanol–water partition coefficient (Wildman–Crippen LogP) is 0.195. The molecule has 0 atom stereocenters. The van der Waals surface area contributed by atoms with Crippen molar-refractivity contribution in [1.29, 1.82) is 0 Å². The van der Waals surface area contributed by atoms with Crippen LogP contribution in [0.3, 0.4) is 0 Å². The fourth-order valence-corrected chi connectivity index (χ4v) is 1.36. The zero-order chi connectivity index (χ0) is 14.2. The molecule has 0 radical (unpaired) electrons. The zero-order valence-corrected chi connectivity index (χ0v) is 12.0. The Morgan fingerprint density at radius 3 is 1.78 bits per heavy atom. The number of hydrogen-bond acceptors (Lipinski definition) is 5. The molecule has 0 aromatic carbocycles. The first-order valence-corrected chi connectivity index (χ1v) is 6.03. The van der Waals surface area contributed by atoms with Gasteiger partial charge in [0.05, 0.1) is 0 Å². The van der Waals surface area contributed by atoms with Crippen LogP contribution < -0.4 is 0 Å². The second-order valence-electron chi connectivity index (χ2n) is 5.27. The van der Waals surface area contributed by atoms with Crippen molar-refractivity contribution in [3.8, 4) is 0 Å². The maximum absolute atomic E-state index is 10.3. The van der Waals surface area contributed by atoms with Gasteiger partial charge >= 0.3 is 0 Å². The summed E-state index contributed by atoms with van der Waals surface area (Å²) >= 11 is 0. The quantitative estimate of drug-likeness (QED) is 0.678. The summed E-state index contributed by atoms with van der Waals surface area (Å²) in [6.07, 6.45) is 0.924. The number of rotatable bonds is 3. The first-order valence-electron chi connectivity index (χ1n) is 6.03. The number of piperazine rings is 1. The van der Waals surface area contributed by atoms with E-state index in [-0.39, 0.29) is 5.60 Å². The first-order chi connectivity index (χ1) is 8.30. The van der Waals surface area contributed by atoms with Gasteiger partial charge in [-0.25, -0.2) is 10.0 Å². The van der Waals surface area contributed by atoms with E-state index in [0.717, 1.165) is 32.6 Å². The lowest BCUT2D eigenvalue weighted by Gasteiger charge is -2.36. The normalized spacial score (nSPS) is 16.9. The summed E-state index contributed by atoms with van der Waals surface area (Å²) in [5.74, 6) is 0. The Labute approximate surface area is 109 Å². The SMILES string of the molecule is CC(C)(C)OC=O.CN(C)N1CCN(C=O)CC1. The third-order valence-electron chi connectivity index (χ3n) is 2.41. The van der Waals surface area contributed by atoms with Gasteiger partial charge in [-0.1, -0.05) is 0 Å². The summed E-state index contributed by atoms with van der Waals surface area (Å²) in [6.45, 7) is 9.52. The minimum Gasteiger partial charge on any atom is -0.462 e. The first kappa shape index (κ1) is 16.9. The van der Waals surface area contributed by atoms with Crippen LogP contribution in [0.2, 0.25) is 0 Å². The lowest BCUT2D eigenvalue weighted by molar-refractivity contribution is -0.138. The van der Waals surface area contributed by atoms with Crippen molar-refractivity contribution < 1.29 is 14.3 Å². The molecule has 0 saturated carbocycles. The molecule has 6 heteroatoms. The summed E-state index contributed by atoms with van der Waals surface area (Å²) in [6, 6.07) is 0. The molecule has 0 aliphatic carbocycles. The number of hydrogen-bond donors (Lipinski definition) is 0. The number of hydrazine groups is 1. The maximum Gasteiger partial charge on any atom is 0.293 e. The van der Waals surface area contributed by atoms with Crippen LogP contribution in [-0.2, 0) is 14.3 Å². The summed E-state index contributed by atoms with van der Waals surface area (Å²) in [4.78, 5) is 21.7. The molecule has 1 fully saturated rings. The molecular formula is C12H25N3O3. The standard InChI is InChI=1S/C7H15N3O.C5H10O2/c1-8(2)10-5-3-9(7-11)4-6-10;1-5(2,3)7-4-6/h7H,3-6H2,1-2H3;4H,1-3H3. The Bertz CT molecular complexity index is 243. The monoisotopic (exact) mass is 259 g/mol. The van der Waals surface area contributed by atoms with Gasteiger partial charge in [-0.3, -0.25) is 9.59 Å². The molecule has 106 valence electrons. The second kappa shape index (κ2) is 8.05. The average Bonchev–Trinajstić information content (AvgIpc) is 2.28. The minimum absolute atomic E-state index is 0.318. The highest BCUT2D eigenvalue weighted by Crippen LogP contribution is 2.02. The van der Waals surface area contributed by atoms with Crippen LogP contribution in [0.5, 0.6) is 0 Å². The molecule has 6 nitrogen and oxygen atoms in total. The highest BCUT2D eigenvalue weighted by Gasteiger charge is 2.15. The van der Waals surface area contributed by atoms with E-state index in [0.29, 0.717) is 6.47 Å². The molecule has 1 aliphatic heterocycles. The Morgan fingerprint density at radius 2 is 1.56 bits per heavy atom. The molecule has 0 aromatic heterocycles. The zero-order valence-electron chi connectivity index (χ0n) is 12.0. The Hall–Kier alpha value is -1.14. The van der Waals surface area contributed by atoms with Crippen LogP contribution in [0.25, 0.3) is 0 Å². The van der Waals surface area contributed by atoms with Crippen LogP contribution in [0, 0.1) is 0 Å². The highest BCUT2D eigenvalue weighted by atomic mass is 16.5. The van der Waals surface area contributed by atoms with Gasteiger partial charge in [0, 0.05) is 40.3 Å². The smallest absolute Gasteiger partial charge is 0.293 e. The van der Waals surface area contributed by atoms with Crippen LogP contribution in [0.1, 0.15) is 20.8 Å². The molecule has 0 bridgehead atoms. The van der Waals surface area contributed by atoms with Gasteiger partial charge in [0.15, 0.2) is 0 Å². The third kappa shape index (κ3) is 8.03. The predicted molar refractivity (Wildman–Crippen MR) is 69.8 cm³/mol. The highest BCUT2D eigenvalue weighted by molar-refractivity contribution is 5.47. The molecule has 1 rings (SSSR count). The van der Waals surface area contributed by atoms with E-state index in [1.54, 1.807) is 4.90 Å². The molecule has 1 aliphatic rings. The summed E-state index contributed by atoms with van der Waals surface area (Å²) in [5.41, 5.74) is -0.318. The van der Waals surface area contributed by atoms with Gasteiger partial charge in [-0.05, 0) is 20.8 Å². The van der Waals surface area contributed by atoms with Gasteiger partial charge in [0.1, 0.15) is 5.60 Å². The van der Waals surface area contributed by atoms with E-state index in [9.17, 15) is 9.59 Å². The van der Waals surface area contributed by atoms with Gasteiger partial charge in [0.25, 0.3) is 6.47 Å². The molecule has 1 saturated heterocycles. The van der Waals surface area contributed by atoms with Crippen LogP contribution in [-0.4, -0.2) is 73.7 Å². The molecule has 0 spiro atoms. The fourth-order valence-electron chi connectivity index (χ4n) is 1.36. The lowest BCUT2D eigenvalue weighted by atomic mass is 10.2. The second-order valence-corrected chi connectivity index (χ2v) is 5.27. The number of amides is 1. The largest absolute Gasteiger partial charge is 0.462 e. The van der Waals surface area contributed by atoms with E-state index in [2.05, 4.69) is 14.8 Å². The van der Waals surface area contributed by atoms with E-state index in [1.807, 2.05) is 34.9 Å². The van der Waals surface area contributed by atoms with Crippen LogP contribution in [0.15, 0.2) is 0 Å². The Morgan fingerprint density at radius 1 is 1.06 bits per heavy atom. The van der Waals surface area contributed by atoms with Gasteiger partial charge in [-0.15, -0.1) is 0 Å². The number of carbonyl (C=O) groups is 2. The van der Waals surface area contributed by atoms with Gasteiger partial charge in [0.2, 0.25) is 6.41 Å². The topological polar surface area (TPSA) is 53.1 Å². The minimum atomic E-state index is -0.318. The molecule has 18 heavy (non-hydrogen) atoms. The van der Waals surface area contributed by atoms with E-state index in [4.69, 9.17) is 0 Å². The Balaban J connectivity index is 0.000000360. The molecular weight excluding hydrogens is 234 g/mol. The third-order valence-corrected chi connectivity index (χ3v) is 2.41. The molecule has 0 unspecified atom stereocenters. The molecule has 1 amide bonds. The van der Waals surface area contributed by atoms with E-state index in [1.165, 1.54) is 0 Å². The molecule has 1 heterocycles. The number of nitrogens with zero attached hydrogens (tertiary/aromatic N) is 3. The van der Waals surface area contributed by atoms with Crippen LogP contribution in [0.4, 0.5) is 0 Å². The Kier molecular flexibility index (Phi) is 7.54. The van der Waals surface area contributed by atoms with E-state index < -0.39 is 0 Å². The maximum atomic E-state index is 10.3. The average molecular weight is 259 g/mol. The van der Waals surface area contributed by atoms with Gasteiger partial charge in [-0.2, -0.15) is 0 Å². The lowest BCUT2D eigenvalue weighted by Crippen LogP contribution is -2.50. The number of ether oxygens (including phenoxy) is 1. The molecule has 0 N–H and O–H groups in total. The van der Waals surface area contributed by atoms with Crippen LogP contribution >= 0.6 is 0 Å². The summed E-state index contributed by atoms with van der Waals surface area (Å²) < 4.78 is 4.55. The number of carbonyl (C=O) groups excluding carboxylic acids is 2. The van der Waals surface area contributed by atoms with Crippen molar-refractivity contribution in [3.63, 3.8) is 0 Å². The van der Waals surface area contributed by atoms with Crippen molar-refractivity contribution in [2.45, 2.75) is 26.4 Å². The van der Waals surface area contributed by atoms with Crippen molar-refractivity contribution in [3.05, 3.63) is 0 Å². The van der Waals surface area contributed by atoms with Crippen molar-refractivity contribution in [2.75, 3.05) is 40.3 Å². The van der Waals surface area contributed by atoms with Crippen molar-refractivity contribution in [1.82, 2.24) is 14.9 Å². The summed E-state index contributed by atoms with van der Waals surface area (Å²) in [5, 5.41) is 4.29. The summed E-state index contributed by atoms with van der Waals surface area (Å²) in [7, 11) is 4.05. The molecule has 0 aromatic rings. The fraction of sp³-hybridized carbons (Fsp3) is 0.833.